The molecule has 0 aliphatic heterocycles. The van der Waals surface area contributed by atoms with Crippen LogP contribution in [-0.4, -0.2) is 32.1 Å². The molecule has 0 atom stereocenters. The third kappa shape index (κ3) is 5.26. The Bertz CT molecular complexity index is 831. The third-order valence-corrected chi connectivity index (χ3v) is 3.95. The van der Waals surface area contributed by atoms with Gasteiger partial charge in [0, 0.05) is 25.2 Å². The Balaban J connectivity index is 2.17. The van der Waals surface area contributed by atoms with Gasteiger partial charge in [-0.3, -0.25) is 4.79 Å². The Morgan fingerprint density at radius 1 is 1.11 bits per heavy atom. The van der Waals surface area contributed by atoms with Gasteiger partial charge in [-0.05, 0) is 35.9 Å². The molecule has 2 aromatic rings. The smallest absolute Gasteiger partial charge is 0.416 e. The van der Waals surface area contributed by atoms with E-state index >= 15 is 0 Å². The average molecular weight is 379 g/mol. The number of amides is 1. The van der Waals surface area contributed by atoms with E-state index in [0.29, 0.717) is 17.1 Å². The van der Waals surface area contributed by atoms with Crippen molar-refractivity contribution >= 4 is 12.0 Å². The highest BCUT2D eigenvalue weighted by atomic mass is 19.4. The second-order valence-electron chi connectivity index (χ2n) is 5.79. The van der Waals surface area contributed by atoms with Crippen molar-refractivity contribution in [1.82, 2.24) is 4.90 Å². The van der Waals surface area contributed by atoms with Crippen molar-refractivity contribution in [2.75, 3.05) is 21.3 Å². The lowest BCUT2D eigenvalue weighted by Gasteiger charge is -2.19. The maximum atomic E-state index is 13.1. The minimum atomic E-state index is -4.47. The molecule has 2 aromatic carbocycles. The lowest BCUT2D eigenvalue weighted by atomic mass is 10.1. The molecular weight excluding hydrogens is 359 g/mol. The highest BCUT2D eigenvalue weighted by Gasteiger charge is 2.33. The van der Waals surface area contributed by atoms with Crippen LogP contribution in [0.15, 0.2) is 48.5 Å². The Morgan fingerprint density at radius 2 is 1.81 bits per heavy atom. The summed E-state index contributed by atoms with van der Waals surface area (Å²) in [6.45, 7) is -0.159. The lowest BCUT2D eigenvalue weighted by molar-refractivity contribution is -0.139. The van der Waals surface area contributed by atoms with E-state index in [1.54, 1.807) is 18.2 Å². The number of alkyl halides is 3. The molecule has 0 fully saturated rings. The fourth-order valence-electron chi connectivity index (χ4n) is 2.53. The topological polar surface area (TPSA) is 38.8 Å². The summed E-state index contributed by atoms with van der Waals surface area (Å²) in [6, 6.07) is 10.3. The fraction of sp³-hybridized carbons (Fsp3) is 0.250. The summed E-state index contributed by atoms with van der Waals surface area (Å²) >= 11 is 0. The first-order chi connectivity index (χ1) is 12.8. The molecule has 0 spiro atoms. The van der Waals surface area contributed by atoms with Crippen LogP contribution in [0.4, 0.5) is 13.2 Å². The van der Waals surface area contributed by atoms with E-state index in [2.05, 4.69) is 0 Å². The Morgan fingerprint density at radius 3 is 2.44 bits per heavy atom. The number of ether oxygens (including phenoxy) is 2. The molecule has 27 heavy (non-hydrogen) atoms. The summed E-state index contributed by atoms with van der Waals surface area (Å²) in [6.07, 6.45) is -1.65. The van der Waals surface area contributed by atoms with Gasteiger partial charge < -0.3 is 14.4 Å². The highest BCUT2D eigenvalue weighted by molar-refractivity contribution is 5.92. The molecule has 0 N–H and O–H groups in total. The second-order valence-corrected chi connectivity index (χ2v) is 5.79. The fourth-order valence-corrected chi connectivity index (χ4v) is 2.53. The number of benzene rings is 2. The van der Waals surface area contributed by atoms with Crippen molar-refractivity contribution in [3.05, 3.63) is 65.2 Å². The molecule has 1 amide bonds. The zero-order valence-corrected chi connectivity index (χ0v) is 15.2. The van der Waals surface area contributed by atoms with Gasteiger partial charge in [0.2, 0.25) is 5.91 Å². The van der Waals surface area contributed by atoms with Gasteiger partial charge in [0.15, 0.2) is 0 Å². The number of likely N-dealkylation sites (N-methyl/N-ethyl adjacent to an activating group) is 1. The number of hydrogen-bond donors (Lipinski definition) is 0. The van der Waals surface area contributed by atoms with Gasteiger partial charge in [-0.2, -0.15) is 13.2 Å². The molecule has 4 nitrogen and oxygen atoms in total. The summed E-state index contributed by atoms with van der Waals surface area (Å²) in [5.74, 6) is 0.706. The molecular formula is C20H20F3NO3. The molecule has 2 rings (SSSR count). The average Bonchev–Trinajstić information content (AvgIpc) is 2.65. The van der Waals surface area contributed by atoms with Crippen LogP contribution < -0.4 is 9.47 Å². The molecule has 0 bridgehead atoms. The minimum Gasteiger partial charge on any atom is -0.497 e. The monoisotopic (exact) mass is 379 g/mol. The van der Waals surface area contributed by atoms with E-state index in [-0.39, 0.29) is 12.1 Å². The summed E-state index contributed by atoms with van der Waals surface area (Å²) in [5, 5.41) is 0. The van der Waals surface area contributed by atoms with Crippen molar-refractivity contribution in [3.8, 4) is 11.5 Å². The quantitative estimate of drug-likeness (QED) is 0.699. The van der Waals surface area contributed by atoms with Crippen LogP contribution in [0.3, 0.4) is 0 Å². The van der Waals surface area contributed by atoms with Crippen molar-refractivity contribution < 1.29 is 27.4 Å². The number of carbonyl (C=O) groups is 1. The van der Waals surface area contributed by atoms with Gasteiger partial charge in [0.1, 0.15) is 11.5 Å². The van der Waals surface area contributed by atoms with Crippen LogP contribution in [0.25, 0.3) is 6.08 Å². The number of carbonyl (C=O) groups excluding carboxylic acids is 1. The first kappa shape index (κ1) is 20.4. The summed E-state index contributed by atoms with van der Waals surface area (Å²) in [5.41, 5.74) is -0.0920. The molecule has 0 aliphatic carbocycles. The Hall–Kier alpha value is -2.96. The number of hydrogen-bond acceptors (Lipinski definition) is 3. The number of methoxy groups -OCH3 is 2. The molecule has 0 aliphatic rings. The van der Waals surface area contributed by atoms with Crippen LogP contribution in [0.1, 0.15) is 16.7 Å². The SMILES string of the molecule is COc1ccc(OC)c(/C=C/C(=O)N(C)Cc2ccccc2C(F)(F)F)c1. The Kier molecular flexibility index (Phi) is 6.50. The van der Waals surface area contributed by atoms with Gasteiger partial charge in [-0.1, -0.05) is 18.2 Å². The van der Waals surface area contributed by atoms with Gasteiger partial charge in [0.05, 0.1) is 19.8 Å². The maximum Gasteiger partial charge on any atom is 0.416 e. The molecule has 0 aromatic heterocycles. The van der Waals surface area contributed by atoms with Crippen LogP contribution in [0.2, 0.25) is 0 Å². The standard InChI is InChI=1S/C20H20F3NO3/c1-24(13-15-6-4-5-7-17(15)20(21,22)23)19(25)11-8-14-12-16(26-2)9-10-18(14)27-3/h4-12H,13H2,1-3H3/b11-8+. The van der Waals surface area contributed by atoms with Crippen LogP contribution >= 0.6 is 0 Å². The van der Waals surface area contributed by atoms with Gasteiger partial charge in [0.25, 0.3) is 0 Å². The summed E-state index contributed by atoms with van der Waals surface area (Å²) < 4.78 is 49.6. The van der Waals surface area contributed by atoms with E-state index < -0.39 is 17.6 Å². The van der Waals surface area contributed by atoms with E-state index in [0.717, 1.165) is 6.07 Å². The summed E-state index contributed by atoms with van der Waals surface area (Å²) in [7, 11) is 4.47. The molecule has 0 heterocycles. The summed E-state index contributed by atoms with van der Waals surface area (Å²) in [4.78, 5) is 13.5. The Labute approximate surface area is 155 Å². The molecule has 0 saturated carbocycles. The zero-order chi connectivity index (χ0) is 20.0. The van der Waals surface area contributed by atoms with Crippen LogP contribution in [-0.2, 0) is 17.5 Å². The zero-order valence-electron chi connectivity index (χ0n) is 15.2. The van der Waals surface area contributed by atoms with Gasteiger partial charge >= 0.3 is 6.18 Å². The third-order valence-electron chi connectivity index (χ3n) is 3.95. The number of rotatable bonds is 6. The number of halogens is 3. The molecule has 0 unspecified atom stereocenters. The lowest BCUT2D eigenvalue weighted by Crippen LogP contribution is -2.25. The van der Waals surface area contributed by atoms with E-state index in [4.69, 9.17) is 9.47 Å². The first-order valence-corrected chi connectivity index (χ1v) is 8.06. The first-order valence-electron chi connectivity index (χ1n) is 8.06. The highest BCUT2D eigenvalue weighted by Crippen LogP contribution is 2.32. The van der Waals surface area contributed by atoms with Crippen molar-refractivity contribution in [2.45, 2.75) is 12.7 Å². The molecule has 144 valence electrons. The van der Waals surface area contributed by atoms with Gasteiger partial charge in [-0.15, -0.1) is 0 Å². The van der Waals surface area contributed by atoms with E-state index in [1.165, 1.54) is 56.5 Å². The predicted octanol–water partition coefficient (Wildman–Crippen LogP) is 4.39. The normalized spacial score (nSPS) is 11.5. The van der Waals surface area contributed by atoms with E-state index in [9.17, 15) is 18.0 Å². The maximum absolute atomic E-state index is 13.1. The van der Waals surface area contributed by atoms with Gasteiger partial charge in [-0.25, -0.2) is 0 Å². The number of nitrogens with zero attached hydrogens (tertiary/aromatic N) is 1. The molecule has 0 radical (unpaired) electrons. The van der Waals surface area contributed by atoms with E-state index in [1.807, 2.05) is 0 Å². The molecule has 0 saturated heterocycles. The van der Waals surface area contributed by atoms with Crippen molar-refractivity contribution in [2.24, 2.45) is 0 Å². The second kappa shape index (κ2) is 8.62. The largest absolute Gasteiger partial charge is 0.497 e. The van der Waals surface area contributed by atoms with Crippen LogP contribution in [0, 0.1) is 0 Å². The minimum absolute atomic E-state index is 0.0354. The van der Waals surface area contributed by atoms with Crippen molar-refractivity contribution in [3.63, 3.8) is 0 Å². The molecule has 7 heteroatoms. The predicted molar refractivity (Wildman–Crippen MR) is 96.5 cm³/mol. The van der Waals surface area contributed by atoms with Crippen LogP contribution in [0.5, 0.6) is 11.5 Å². The van der Waals surface area contributed by atoms with Crippen molar-refractivity contribution in [1.29, 1.82) is 0 Å².